The fourth-order valence-corrected chi connectivity index (χ4v) is 2.21. The summed E-state index contributed by atoms with van der Waals surface area (Å²) in [5, 5.41) is 10.4. The number of halogens is 4. The summed E-state index contributed by atoms with van der Waals surface area (Å²) in [6.45, 7) is 0. The molecular formula is C17H9F4NO3. The van der Waals surface area contributed by atoms with Gasteiger partial charge >= 0.3 is 11.8 Å². The third-order valence-electron chi connectivity index (χ3n) is 3.42. The van der Waals surface area contributed by atoms with Crippen LogP contribution in [0, 0.1) is 5.82 Å². The fourth-order valence-electron chi connectivity index (χ4n) is 2.21. The number of nitrogens with zero attached hydrogens (tertiary/aromatic N) is 1. The zero-order valence-electron chi connectivity index (χ0n) is 12.3. The van der Waals surface area contributed by atoms with E-state index in [0.717, 1.165) is 12.3 Å². The number of hydrogen-bond acceptors (Lipinski definition) is 4. The Morgan fingerprint density at radius 1 is 1.12 bits per heavy atom. The van der Waals surface area contributed by atoms with Gasteiger partial charge in [0.25, 0.3) is 0 Å². The topological polar surface area (TPSA) is 62.8 Å². The number of fused-ring (bicyclic) bond motifs is 1. The quantitative estimate of drug-likeness (QED) is 0.423. The fraction of sp³-hybridized carbons (Fsp3) is 0.0588. The molecule has 25 heavy (non-hydrogen) atoms. The molecule has 0 saturated carbocycles. The van der Waals surface area contributed by atoms with Crippen molar-refractivity contribution < 1.29 is 27.1 Å². The van der Waals surface area contributed by atoms with Gasteiger partial charge in [-0.05, 0) is 30.3 Å². The summed E-state index contributed by atoms with van der Waals surface area (Å²) in [6, 6.07) is 8.34. The van der Waals surface area contributed by atoms with Gasteiger partial charge in [0.15, 0.2) is 0 Å². The van der Waals surface area contributed by atoms with Crippen molar-refractivity contribution in [3.05, 3.63) is 69.8 Å². The van der Waals surface area contributed by atoms with Crippen molar-refractivity contribution in [1.29, 1.82) is 0 Å². The number of alkyl halides is 3. The van der Waals surface area contributed by atoms with Crippen LogP contribution in [-0.4, -0.2) is 11.3 Å². The van der Waals surface area contributed by atoms with Crippen LogP contribution in [0.4, 0.5) is 23.2 Å². The van der Waals surface area contributed by atoms with E-state index >= 15 is 0 Å². The van der Waals surface area contributed by atoms with Crippen LogP contribution >= 0.6 is 0 Å². The molecule has 8 heteroatoms. The van der Waals surface area contributed by atoms with E-state index in [-0.39, 0.29) is 22.2 Å². The third kappa shape index (κ3) is 3.23. The lowest BCUT2D eigenvalue weighted by Gasteiger charge is -2.08. The molecule has 0 aliphatic heterocycles. The highest BCUT2D eigenvalue weighted by molar-refractivity contribution is 5.94. The van der Waals surface area contributed by atoms with E-state index < -0.39 is 28.9 Å². The normalized spacial score (nSPS) is 12.2. The van der Waals surface area contributed by atoms with Crippen molar-refractivity contribution >= 4 is 22.9 Å². The highest BCUT2D eigenvalue weighted by Crippen LogP contribution is 2.33. The highest BCUT2D eigenvalue weighted by atomic mass is 19.4. The highest BCUT2D eigenvalue weighted by Gasteiger charge is 2.34. The lowest BCUT2D eigenvalue weighted by atomic mass is 10.1. The zero-order chi connectivity index (χ0) is 18.2. The van der Waals surface area contributed by atoms with E-state index in [2.05, 4.69) is 4.99 Å². The molecule has 0 amide bonds. The van der Waals surface area contributed by atoms with Crippen LogP contribution in [0.1, 0.15) is 11.1 Å². The third-order valence-corrected chi connectivity index (χ3v) is 3.42. The molecule has 0 aliphatic carbocycles. The Morgan fingerprint density at radius 2 is 1.84 bits per heavy atom. The molecule has 4 nitrogen and oxygen atoms in total. The molecule has 0 atom stereocenters. The Hall–Kier alpha value is -3.16. The maximum absolute atomic E-state index is 13.3. The molecule has 2 aromatic carbocycles. The van der Waals surface area contributed by atoms with Gasteiger partial charge in [0, 0.05) is 6.21 Å². The molecule has 0 bridgehead atoms. The summed E-state index contributed by atoms with van der Waals surface area (Å²) < 4.78 is 56.4. The Labute approximate surface area is 137 Å². The van der Waals surface area contributed by atoms with Gasteiger partial charge in [0.2, 0.25) is 0 Å². The van der Waals surface area contributed by atoms with Crippen LogP contribution in [0.25, 0.3) is 11.0 Å². The average Bonchev–Trinajstić information content (AvgIpc) is 2.55. The molecule has 0 unspecified atom stereocenters. The number of para-hydroxylation sites is 1. The molecule has 0 radical (unpaired) electrons. The van der Waals surface area contributed by atoms with Gasteiger partial charge in [0.1, 0.15) is 22.7 Å². The van der Waals surface area contributed by atoms with Gasteiger partial charge in [-0.3, -0.25) is 4.99 Å². The standard InChI is InChI=1S/C17H9F4NO3/c18-13-6-5-9(7-12(13)17(19,20)21)22-8-11-15(23)10-3-1-2-4-14(10)25-16(11)24/h1-8,23H. The van der Waals surface area contributed by atoms with E-state index in [4.69, 9.17) is 4.42 Å². The predicted octanol–water partition coefficient (Wildman–Crippen LogP) is 4.41. The lowest BCUT2D eigenvalue weighted by Crippen LogP contribution is -2.08. The summed E-state index contributed by atoms with van der Waals surface area (Å²) in [5.74, 6) is -1.84. The van der Waals surface area contributed by atoms with Gasteiger partial charge in [0.05, 0.1) is 16.6 Å². The van der Waals surface area contributed by atoms with E-state index in [1.54, 1.807) is 12.1 Å². The van der Waals surface area contributed by atoms with Crippen molar-refractivity contribution in [2.45, 2.75) is 6.18 Å². The minimum Gasteiger partial charge on any atom is -0.506 e. The Bertz CT molecular complexity index is 1040. The van der Waals surface area contributed by atoms with Crippen molar-refractivity contribution in [1.82, 2.24) is 0 Å². The lowest BCUT2D eigenvalue weighted by molar-refractivity contribution is -0.139. The predicted molar refractivity (Wildman–Crippen MR) is 82.8 cm³/mol. The SMILES string of the molecule is O=c1oc2ccccc2c(O)c1C=Nc1ccc(F)c(C(F)(F)F)c1. The van der Waals surface area contributed by atoms with Gasteiger partial charge < -0.3 is 9.52 Å². The molecule has 0 spiro atoms. The largest absolute Gasteiger partial charge is 0.506 e. The first-order chi connectivity index (χ1) is 11.8. The van der Waals surface area contributed by atoms with Crippen LogP contribution in [-0.2, 0) is 6.18 Å². The van der Waals surface area contributed by atoms with Crippen LogP contribution in [0.2, 0.25) is 0 Å². The van der Waals surface area contributed by atoms with Gasteiger partial charge in [-0.15, -0.1) is 0 Å². The van der Waals surface area contributed by atoms with Crippen LogP contribution in [0.15, 0.2) is 56.7 Å². The molecule has 3 rings (SSSR count). The van der Waals surface area contributed by atoms with Gasteiger partial charge in [-0.1, -0.05) is 12.1 Å². The summed E-state index contributed by atoms with van der Waals surface area (Å²) in [6.07, 6.45) is -4.00. The Balaban J connectivity index is 2.06. The minimum atomic E-state index is -4.88. The molecule has 1 N–H and O–H groups in total. The smallest absolute Gasteiger partial charge is 0.419 e. The second-order valence-corrected chi connectivity index (χ2v) is 5.07. The Morgan fingerprint density at radius 3 is 2.56 bits per heavy atom. The monoisotopic (exact) mass is 351 g/mol. The second kappa shape index (κ2) is 6.04. The van der Waals surface area contributed by atoms with Crippen molar-refractivity contribution in [3.63, 3.8) is 0 Å². The first kappa shape index (κ1) is 16.7. The number of benzene rings is 2. The van der Waals surface area contributed by atoms with Crippen LogP contribution in [0.3, 0.4) is 0 Å². The van der Waals surface area contributed by atoms with Gasteiger partial charge in [-0.2, -0.15) is 13.2 Å². The molecular weight excluding hydrogens is 342 g/mol. The number of rotatable bonds is 2. The minimum absolute atomic E-state index is 0.156. The number of aromatic hydroxyl groups is 1. The summed E-state index contributed by atoms with van der Waals surface area (Å²) in [5.41, 5.74) is -2.78. The summed E-state index contributed by atoms with van der Waals surface area (Å²) in [7, 11) is 0. The number of hydrogen-bond donors (Lipinski definition) is 1. The maximum atomic E-state index is 13.3. The molecule has 3 aromatic rings. The molecule has 0 fully saturated rings. The van der Waals surface area contributed by atoms with Gasteiger partial charge in [-0.25, -0.2) is 9.18 Å². The van der Waals surface area contributed by atoms with Crippen LogP contribution < -0.4 is 5.63 Å². The first-order valence-corrected chi connectivity index (χ1v) is 6.93. The van der Waals surface area contributed by atoms with Crippen molar-refractivity contribution in [3.8, 4) is 5.75 Å². The Kier molecular flexibility index (Phi) is 4.03. The molecule has 0 saturated heterocycles. The van der Waals surface area contributed by atoms with Crippen LogP contribution in [0.5, 0.6) is 5.75 Å². The molecule has 0 aliphatic rings. The maximum Gasteiger partial charge on any atom is 0.419 e. The average molecular weight is 351 g/mol. The zero-order valence-corrected chi connectivity index (χ0v) is 12.3. The van der Waals surface area contributed by atoms with E-state index in [0.29, 0.717) is 12.1 Å². The molecule has 1 heterocycles. The van der Waals surface area contributed by atoms with E-state index in [9.17, 15) is 27.5 Å². The van der Waals surface area contributed by atoms with Crippen molar-refractivity contribution in [2.24, 2.45) is 4.99 Å². The van der Waals surface area contributed by atoms with E-state index in [1.165, 1.54) is 12.1 Å². The molecule has 128 valence electrons. The summed E-state index contributed by atoms with van der Waals surface area (Å²) >= 11 is 0. The van der Waals surface area contributed by atoms with E-state index in [1.807, 2.05) is 0 Å². The molecule has 1 aromatic heterocycles. The number of aliphatic imine (C=N–C) groups is 1. The van der Waals surface area contributed by atoms with Crippen molar-refractivity contribution in [2.75, 3.05) is 0 Å². The first-order valence-electron chi connectivity index (χ1n) is 6.93. The summed E-state index contributed by atoms with van der Waals surface area (Å²) in [4.78, 5) is 15.6. The second-order valence-electron chi connectivity index (χ2n) is 5.07.